The molecule has 0 fully saturated rings. The minimum atomic E-state index is -0.216. The fourth-order valence-corrected chi connectivity index (χ4v) is 2.57. The van der Waals surface area contributed by atoms with Gasteiger partial charge in [0.25, 0.3) is 0 Å². The SMILES string of the molecule is CC(C)Cc1nc2n(c1C(=O)OC(C)C)CCCC2. The van der Waals surface area contributed by atoms with Crippen LogP contribution in [0.5, 0.6) is 0 Å². The van der Waals surface area contributed by atoms with Crippen molar-refractivity contribution < 1.29 is 9.53 Å². The summed E-state index contributed by atoms with van der Waals surface area (Å²) in [7, 11) is 0. The van der Waals surface area contributed by atoms with E-state index in [-0.39, 0.29) is 12.1 Å². The molecule has 0 unspecified atom stereocenters. The van der Waals surface area contributed by atoms with Gasteiger partial charge in [0.1, 0.15) is 5.82 Å². The Labute approximate surface area is 115 Å². The number of aromatic nitrogens is 2. The van der Waals surface area contributed by atoms with Crippen LogP contribution in [-0.2, 0) is 24.1 Å². The number of hydrogen-bond acceptors (Lipinski definition) is 3. The van der Waals surface area contributed by atoms with Gasteiger partial charge in [-0.2, -0.15) is 0 Å². The zero-order valence-electron chi connectivity index (χ0n) is 12.4. The lowest BCUT2D eigenvalue weighted by Crippen LogP contribution is -2.20. The number of ether oxygens (including phenoxy) is 1. The number of rotatable bonds is 4. The fraction of sp³-hybridized carbons (Fsp3) is 0.733. The van der Waals surface area contributed by atoms with E-state index in [1.807, 2.05) is 13.8 Å². The molecule has 1 aliphatic heterocycles. The number of imidazole rings is 1. The van der Waals surface area contributed by atoms with Crippen molar-refractivity contribution in [1.29, 1.82) is 0 Å². The number of carbonyl (C=O) groups excluding carboxylic acids is 1. The molecule has 0 aromatic carbocycles. The van der Waals surface area contributed by atoms with E-state index in [4.69, 9.17) is 4.74 Å². The largest absolute Gasteiger partial charge is 0.458 e. The second-order valence-corrected chi connectivity index (χ2v) is 5.98. The van der Waals surface area contributed by atoms with Crippen LogP contribution in [0.4, 0.5) is 0 Å². The number of hydrogen-bond donors (Lipinski definition) is 0. The number of nitrogens with zero attached hydrogens (tertiary/aromatic N) is 2. The van der Waals surface area contributed by atoms with Gasteiger partial charge in [-0.25, -0.2) is 9.78 Å². The van der Waals surface area contributed by atoms with Crippen LogP contribution >= 0.6 is 0 Å². The Bertz CT molecular complexity index is 461. The van der Waals surface area contributed by atoms with Gasteiger partial charge in [0.15, 0.2) is 5.69 Å². The van der Waals surface area contributed by atoms with Gasteiger partial charge < -0.3 is 9.30 Å². The first kappa shape index (κ1) is 14.1. The maximum atomic E-state index is 12.3. The summed E-state index contributed by atoms with van der Waals surface area (Å²) in [4.78, 5) is 17.0. The van der Waals surface area contributed by atoms with Crippen LogP contribution < -0.4 is 0 Å². The number of fused-ring (bicyclic) bond motifs is 1. The maximum absolute atomic E-state index is 12.3. The quantitative estimate of drug-likeness (QED) is 0.785. The molecule has 0 N–H and O–H groups in total. The first-order valence-corrected chi connectivity index (χ1v) is 7.28. The average Bonchev–Trinajstić information content (AvgIpc) is 2.64. The molecule has 0 radical (unpaired) electrons. The fourth-order valence-electron chi connectivity index (χ4n) is 2.57. The van der Waals surface area contributed by atoms with Crippen LogP contribution in [0.1, 0.15) is 62.5 Å². The van der Waals surface area contributed by atoms with E-state index < -0.39 is 0 Å². The molecule has 4 heteroatoms. The van der Waals surface area contributed by atoms with Gasteiger partial charge in [0.05, 0.1) is 11.8 Å². The zero-order valence-corrected chi connectivity index (χ0v) is 12.4. The van der Waals surface area contributed by atoms with Crippen molar-refractivity contribution in [2.45, 2.75) is 66.0 Å². The highest BCUT2D eigenvalue weighted by atomic mass is 16.5. The topological polar surface area (TPSA) is 44.1 Å². The van der Waals surface area contributed by atoms with E-state index in [1.54, 1.807) is 0 Å². The second kappa shape index (κ2) is 5.76. The third kappa shape index (κ3) is 3.17. The normalized spacial score (nSPS) is 14.8. The predicted molar refractivity (Wildman–Crippen MR) is 74.3 cm³/mol. The molecule has 4 nitrogen and oxygen atoms in total. The highest BCUT2D eigenvalue weighted by Gasteiger charge is 2.26. The van der Waals surface area contributed by atoms with Gasteiger partial charge in [-0.05, 0) is 39.0 Å². The lowest BCUT2D eigenvalue weighted by atomic mass is 10.1. The van der Waals surface area contributed by atoms with Crippen LogP contribution in [0.25, 0.3) is 0 Å². The van der Waals surface area contributed by atoms with Crippen molar-refractivity contribution in [2.75, 3.05) is 0 Å². The zero-order chi connectivity index (χ0) is 14.0. The van der Waals surface area contributed by atoms with Gasteiger partial charge in [-0.15, -0.1) is 0 Å². The molecule has 0 saturated heterocycles. The molecule has 19 heavy (non-hydrogen) atoms. The molecule has 0 bridgehead atoms. The minimum absolute atomic E-state index is 0.0888. The summed E-state index contributed by atoms with van der Waals surface area (Å²) in [6.07, 6.45) is 4.00. The van der Waals surface area contributed by atoms with Crippen LogP contribution in [-0.4, -0.2) is 21.6 Å². The molecule has 1 aromatic rings. The van der Waals surface area contributed by atoms with E-state index in [0.717, 1.165) is 43.7 Å². The van der Waals surface area contributed by atoms with E-state index in [9.17, 15) is 4.79 Å². The van der Waals surface area contributed by atoms with Crippen molar-refractivity contribution in [3.05, 3.63) is 17.2 Å². The molecule has 0 saturated carbocycles. The van der Waals surface area contributed by atoms with Crippen molar-refractivity contribution in [3.8, 4) is 0 Å². The molecule has 1 aliphatic rings. The highest BCUT2D eigenvalue weighted by Crippen LogP contribution is 2.23. The van der Waals surface area contributed by atoms with Crippen molar-refractivity contribution in [2.24, 2.45) is 5.92 Å². The molecule has 2 heterocycles. The molecule has 106 valence electrons. The van der Waals surface area contributed by atoms with Crippen LogP contribution in [0, 0.1) is 5.92 Å². The van der Waals surface area contributed by atoms with Crippen molar-refractivity contribution in [3.63, 3.8) is 0 Å². The standard InChI is InChI=1S/C15H24N2O2/c1-10(2)9-12-14(15(18)19-11(3)4)17-8-6-5-7-13(17)16-12/h10-11H,5-9H2,1-4H3. The summed E-state index contributed by atoms with van der Waals surface area (Å²) in [6.45, 7) is 8.95. The smallest absolute Gasteiger partial charge is 0.357 e. The third-order valence-electron chi connectivity index (χ3n) is 3.29. The van der Waals surface area contributed by atoms with E-state index in [1.165, 1.54) is 0 Å². The minimum Gasteiger partial charge on any atom is -0.458 e. The second-order valence-electron chi connectivity index (χ2n) is 5.98. The van der Waals surface area contributed by atoms with Gasteiger partial charge in [-0.1, -0.05) is 13.8 Å². The number of esters is 1. The summed E-state index contributed by atoms with van der Waals surface area (Å²) in [5, 5.41) is 0. The average molecular weight is 264 g/mol. The maximum Gasteiger partial charge on any atom is 0.357 e. The first-order chi connectivity index (χ1) is 8.99. The van der Waals surface area contributed by atoms with Crippen LogP contribution in [0.15, 0.2) is 0 Å². The van der Waals surface area contributed by atoms with Crippen molar-refractivity contribution >= 4 is 5.97 Å². The summed E-state index contributed by atoms with van der Waals surface area (Å²) >= 11 is 0. The Morgan fingerprint density at radius 1 is 1.32 bits per heavy atom. The Hall–Kier alpha value is -1.32. The van der Waals surface area contributed by atoms with Gasteiger partial charge in [0.2, 0.25) is 0 Å². The lowest BCUT2D eigenvalue weighted by Gasteiger charge is -2.17. The summed E-state index contributed by atoms with van der Waals surface area (Å²) < 4.78 is 7.46. The van der Waals surface area contributed by atoms with E-state index in [0.29, 0.717) is 11.6 Å². The van der Waals surface area contributed by atoms with Crippen LogP contribution in [0.2, 0.25) is 0 Å². The molecular weight excluding hydrogens is 240 g/mol. The lowest BCUT2D eigenvalue weighted by molar-refractivity contribution is 0.0362. The third-order valence-corrected chi connectivity index (χ3v) is 3.29. The Kier molecular flexibility index (Phi) is 4.27. The summed E-state index contributed by atoms with van der Waals surface area (Å²) in [5.41, 5.74) is 1.61. The molecule has 2 rings (SSSR count). The highest BCUT2D eigenvalue weighted by molar-refractivity contribution is 5.89. The number of carbonyl (C=O) groups is 1. The molecular formula is C15H24N2O2. The van der Waals surface area contributed by atoms with Gasteiger partial charge in [0, 0.05) is 13.0 Å². The molecule has 1 aromatic heterocycles. The van der Waals surface area contributed by atoms with Crippen molar-refractivity contribution in [1.82, 2.24) is 9.55 Å². The Morgan fingerprint density at radius 2 is 2.05 bits per heavy atom. The molecule has 0 atom stereocenters. The van der Waals surface area contributed by atoms with Gasteiger partial charge in [-0.3, -0.25) is 0 Å². The monoisotopic (exact) mass is 264 g/mol. The Balaban J connectivity index is 2.36. The molecule has 0 aliphatic carbocycles. The number of aryl methyl sites for hydroxylation is 1. The predicted octanol–water partition coefficient (Wildman–Crippen LogP) is 2.98. The Morgan fingerprint density at radius 3 is 2.68 bits per heavy atom. The van der Waals surface area contributed by atoms with Gasteiger partial charge >= 0.3 is 5.97 Å². The molecule has 0 amide bonds. The van der Waals surface area contributed by atoms with E-state index in [2.05, 4.69) is 23.4 Å². The van der Waals surface area contributed by atoms with E-state index >= 15 is 0 Å². The first-order valence-electron chi connectivity index (χ1n) is 7.28. The molecule has 0 spiro atoms. The summed E-state index contributed by atoms with van der Waals surface area (Å²) in [5.74, 6) is 1.33. The summed E-state index contributed by atoms with van der Waals surface area (Å²) in [6, 6.07) is 0. The van der Waals surface area contributed by atoms with Crippen LogP contribution in [0.3, 0.4) is 0 Å².